The van der Waals surface area contributed by atoms with Gasteiger partial charge in [0.05, 0.1) is 4.47 Å². The zero-order chi connectivity index (χ0) is 26.7. The Bertz CT molecular complexity index is 1250. The number of hydrogen-bond acceptors (Lipinski definition) is 7. The number of anilines is 1. The lowest BCUT2D eigenvalue weighted by Crippen LogP contribution is -2.49. The lowest BCUT2D eigenvalue weighted by molar-refractivity contribution is 0.0171. The van der Waals surface area contributed by atoms with Gasteiger partial charge in [-0.05, 0) is 68.1 Å². The van der Waals surface area contributed by atoms with E-state index in [9.17, 15) is 9.59 Å². The number of amides is 1. The van der Waals surface area contributed by atoms with Crippen LogP contribution in [0.15, 0.2) is 39.9 Å². The number of pyridine rings is 1. The van der Waals surface area contributed by atoms with Crippen LogP contribution in [-0.4, -0.2) is 68.8 Å². The van der Waals surface area contributed by atoms with E-state index in [1.165, 1.54) is 0 Å². The molecule has 2 aliphatic rings. The highest BCUT2D eigenvalue weighted by atomic mass is 79.9. The molecule has 1 aliphatic heterocycles. The second-order valence-electron chi connectivity index (χ2n) is 10.7. The molecule has 0 atom stereocenters. The number of fused-ring (bicyclic) bond motifs is 1. The molecule has 1 saturated carbocycles. The molecule has 4 rings (SSSR count). The van der Waals surface area contributed by atoms with Gasteiger partial charge in [-0.1, -0.05) is 25.5 Å². The summed E-state index contributed by atoms with van der Waals surface area (Å²) in [5.41, 5.74) is 1.92. The highest BCUT2D eigenvalue weighted by molar-refractivity contribution is 9.10. The van der Waals surface area contributed by atoms with Gasteiger partial charge in [0.1, 0.15) is 11.2 Å². The molecule has 10 heteroatoms. The zero-order valence-electron chi connectivity index (χ0n) is 22.2. The first-order valence-corrected chi connectivity index (χ1v) is 13.7. The van der Waals surface area contributed by atoms with Gasteiger partial charge in [0.25, 0.3) is 5.56 Å². The van der Waals surface area contributed by atoms with Crippen molar-refractivity contribution in [3.63, 3.8) is 0 Å². The van der Waals surface area contributed by atoms with Crippen molar-refractivity contribution >= 4 is 39.0 Å². The Morgan fingerprint density at radius 1 is 1.22 bits per heavy atom. The smallest absolute Gasteiger partial charge is 0.410 e. The fourth-order valence-corrected chi connectivity index (χ4v) is 5.25. The summed E-state index contributed by atoms with van der Waals surface area (Å²) >= 11 is 3.48. The molecule has 0 aromatic carbocycles. The third-order valence-corrected chi connectivity index (χ3v) is 7.79. The Balaban J connectivity index is 1.36. The predicted molar refractivity (Wildman–Crippen MR) is 150 cm³/mol. The molecule has 9 nitrogen and oxygen atoms in total. The minimum Gasteiger partial charge on any atom is -0.444 e. The molecule has 1 aliphatic carbocycles. The van der Waals surface area contributed by atoms with E-state index in [1.54, 1.807) is 11.1 Å². The molecule has 37 heavy (non-hydrogen) atoms. The summed E-state index contributed by atoms with van der Waals surface area (Å²) in [6, 6.07) is 0.175. The van der Waals surface area contributed by atoms with Gasteiger partial charge in [0.15, 0.2) is 0 Å². The molecule has 200 valence electrons. The number of aryl methyl sites for hydroxylation is 1. The Kier molecular flexibility index (Phi) is 8.26. The van der Waals surface area contributed by atoms with Gasteiger partial charge in [-0.25, -0.2) is 9.78 Å². The fraction of sp³-hybridized carbons (Fsp3) is 0.556. The number of ether oxygens (including phenoxy) is 1. The first kappa shape index (κ1) is 27.2. The topological polar surface area (TPSA) is 92.6 Å². The largest absolute Gasteiger partial charge is 0.444 e. The van der Waals surface area contributed by atoms with Gasteiger partial charge < -0.3 is 19.9 Å². The second kappa shape index (κ2) is 11.2. The highest BCUT2D eigenvalue weighted by Gasteiger charge is 2.26. The minimum absolute atomic E-state index is 0.0236. The van der Waals surface area contributed by atoms with E-state index >= 15 is 0 Å². The number of aromatic nitrogens is 3. The van der Waals surface area contributed by atoms with Gasteiger partial charge >= 0.3 is 6.09 Å². The molecule has 1 amide bonds. The number of rotatable bonds is 6. The Morgan fingerprint density at radius 2 is 1.86 bits per heavy atom. The number of halogens is 1. The van der Waals surface area contributed by atoms with Crippen molar-refractivity contribution in [2.45, 2.75) is 65.0 Å². The van der Waals surface area contributed by atoms with Crippen LogP contribution in [0.5, 0.6) is 0 Å². The van der Waals surface area contributed by atoms with Crippen LogP contribution in [0.4, 0.5) is 10.7 Å². The summed E-state index contributed by atoms with van der Waals surface area (Å²) in [4.78, 5) is 38.5. The van der Waals surface area contributed by atoms with Gasteiger partial charge in [-0.3, -0.25) is 9.36 Å². The molecule has 1 saturated heterocycles. The van der Waals surface area contributed by atoms with Crippen LogP contribution < -0.4 is 10.9 Å². The standard InChI is InChI=1S/C27H37BrN6O3/c1-18(32-13-15-33(16-14-32)26(36)37-27(3,4)5)9-8-12-29-25-30-17-21-19(2)22(28)24(35)34(23(21)31-25)20-10-6-7-11-20/h8-9,17,20H,1,6-7,10-16H2,2-5H3,(H,29,30,31)/b9-8-. The third kappa shape index (κ3) is 6.34. The second-order valence-corrected chi connectivity index (χ2v) is 11.5. The van der Waals surface area contributed by atoms with Gasteiger partial charge in [0.2, 0.25) is 5.95 Å². The van der Waals surface area contributed by atoms with Gasteiger partial charge in [-0.15, -0.1) is 0 Å². The number of nitrogens with zero attached hydrogens (tertiary/aromatic N) is 5. The fourth-order valence-electron chi connectivity index (χ4n) is 4.84. The van der Waals surface area contributed by atoms with Crippen molar-refractivity contribution in [3.05, 3.63) is 51.0 Å². The van der Waals surface area contributed by atoms with Crippen molar-refractivity contribution < 1.29 is 9.53 Å². The molecule has 3 heterocycles. The van der Waals surface area contributed by atoms with E-state index in [4.69, 9.17) is 9.72 Å². The highest BCUT2D eigenvalue weighted by Crippen LogP contribution is 2.32. The van der Waals surface area contributed by atoms with Crippen LogP contribution in [0, 0.1) is 6.92 Å². The van der Waals surface area contributed by atoms with Crippen LogP contribution in [0.25, 0.3) is 11.0 Å². The number of hydrogen-bond donors (Lipinski definition) is 1. The first-order chi connectivity index (χ1) is 17.5. The molecule has 0 unspecified atom stereocenters. The average molecular weight is 574 g/mol. The monoisotopic (exact) mass is 572 g/mol. The van der Waals surface area contributed by atoms with Crippen molar-refractivity contribution in [1.29, 1.82) is 0 Å². The van der Waals surface area contributed by atoms with E-state index in [1.807, 2.05) is 44.4 Å². The average Bonchev–Trinajstić information content (AvgIpc) is 3.39. The third-order valence-electron chi connectivity index (χ3n) is 6.85. The van der Waals surface area contributed by atoms with Gasteiger partial charge in [-0.2, -0.15) is 4.98 Å². The SMILES string of the molecule is C=C(/C=C\CNc1ncc2c(C)c(Br)c(=O)n(C3CCCC3)c2n1)N1CCN(C(=O)OC(C)(C)C)CC1. The van der Waals surface area contributed by atoms with Crippen molar-refractivity contribution in [2.75, 3.05) is 38.0 Å². The summed E-state index contributed by atoms with van der Waals surface area (Å²) < 4.78 is 7.90. The predicted octanol–water partition coefficient (Wildman–Crippen LogP) is 5.01. The number of nitrogens with one attached hydrogen (secondary N) is 1. The van der Waals surface area contributed by atoms with E-state index in [0.29, 0.717) is 48.8 Å². The zero-order valence-corrected chi connectivity index (χ0v) is 23.8. The molecule has 2 aromatic heterocycles. The lowest BCUT2D eigenvalue weighted by Gasteiger charge is -2.36. The Labute approximate surface area is 226 Å². The van der Waals surface area contributed by atoms with E-state index in [2.05, 4.69) is 37.7 Å². The Hall–Kier alpha value is -2.88. The molecule has 2 fully saturated rings. The number of piperazine rings is 1. The number of allylic oxidation sites excluding steroid dienone is 1. The molecule has 1 N–H and O–H groups in total. The maximum Gasteiger partial charge on any atom is 0.410 e. The van der Waals surface area contributed by atoms with Crippen LogP contribution in [0.2, 0.25) is 0 Å². The molecular formula is C27H37BrN6O3. The summed E-state index contributed by atoms with van der Waals surface area (Å²) in [6.07, 6.45) is 9.72. The van der Waals surface area contributed by atoms with Gasteiger partial charge in [0, 0.05) is 56.0 Å². The van der Waals surface area contributed by atoms with Crippen LogP contribution in [0.3, 0.4) is 0 Å². The maximum atomic E-state index is 13.1. The summed E-state index contributed by atoms with van der Waals surface area (Å²) in [5, 5.41) is 4.13. The summed E-state index contributed by atoms with van der Waals surface area (Å²) in [7, 11) is 0. The maximum absolute atomic E-state index is 13.1. The molecule has 0 bridgehead atoms. The molecule has 2 aromatic rings. The van der Waals surface area contributed by atoms with E-state index < -0.39 is 5.60 Å². The number of carbonyl (C=O) groups excluding carboxylic acids is 1. The Morgan fingerprint density at radius 3 is 2.51 bits per heavy atom. The van der Waals surface area contributed by atoms with E-state index in [-0.39, 0.29) is 17.7 Å². The van der Waals surface area contributed by atoms with Crippen molar-refractivity contribution in [2.24, 2.45) is 0 Å². The van der Waals surface area contributed by atoms with Crippen LogP contribution in [0.1, 0.15) is 58.1 Å². The molecular weight excluding hydrogens is 536 g/mol. The summed E-state index contributed by atoms with van der Waals surface area (Å²) in [6.45, 7) is 14.9. The lowest BCUT2D eigenvalue weighted by atomic mass is 10.1. The van der Waals surface area contributed by atoms with Crippen molar-refractivity contribution in [1.82, 2.24) is 24.3 Å². The summed E-state index contributed by atoms with van der Waals surface area (Å²) in [5.74, 6) is 0.488. The van der Waals surface area contributed by atoms with Crippen LogP contribution >= 0.6 is 15.9 Å². The quantitative estimate of drug-likeness (QED) is 0.486. The van der Waals surface area contributed by atoms with E-state index in [0.717, 1.165) is 42.3 Å². The molecule has 0 spiro atoms. The van der Waals surface area contributed by atoms with Crippen LogP contribution in [-0.2, 0) is 4.74 Å². The minimum atomic E-state index is -0.494. The molecule has 0 radical (unpaired) electrons. The first-order valence-electron chi connectivity index (χ1n) is 12.9. The normalized spacial score (nSPS) is 17.1. The number of carbonyl (C=O) groups is 1. The van der Waals surface area contributed by atoms with Crippen molar-refractivity contribution in [3.8, 4) is 0 Å².